The van der Waals surface area contributed by atoms with Gasteiger partial charge in [-0.15, -0.1) is 0 Å². The van der Waals surface area contributed by atoms with Crippen molar-refractivity contribution in [1.82, 2.24) is 5.32 Å². The second kappa shape index (κ2) is 6.24. The van der Waals surface area contributed by atoms with E-state index in [0.29, 0.717) is 5.75 Å². The molecule has 1 aromatic carbocycles. The Hall–Kier alpha value is -2.01. The zero-order chi connectivity index (χ0) is 13.7. The zero-order valence-corrected chi connectivity index (χ0v) is 10.6. The Morgan fingerprint density at radius 3 is 2.95 bits per heavy atom. The Kier molecular flexibility index (Phi) is 4.41. The summed E-state index contributed by atoms with van der Waals surface area (Å²) in [5, 5.41) is 2.80. The van der Waals surface area contributed by atoms with Crippen LogP contribution in [0.2, 0.25) is 5.02 Å². The number of hydrogen-bond acceptors (Lipinski definition) is 3. The SMILES string of the molecule is O=C(NCCOc1ccc(F)cc1Cl)c1ccco1. The molecule has 0 atom stereocenters. The lowest BCUT2D eigenvalue weighted by atomic mass is 10.3. The van der Waals surface area contributed by atoms with Gasteiger partial charge in [-0.3, -0.25) is 4.79 Å². The molecule has 0 saturated heterocycles. The molecule has 2 aromatic rings. The van der Waals surface area contributed by atoms with Crippen LogP contribution in [0.5, 0.6) is 5.75 Å². The summed E-state index contributed by atoms with van der Waals surface area (Å²) in [7, 11) is 0. The fraction of sp³-hybridized carbons (Fsp3) is 0.154. The average molecular weight is 284 g/mol. The van der Waals surface area contributed by atoms with Gasteiger partial charge < -0.3 is 14.5 Å². The van der Waals surface area contributed by atoms with Gasteiger partial charge in [0.05, 0.1) is 17.8 Å². The van der Waals surface area contributed by atoms with E-state index in [1.165, 1.54) is 18.4 Å². The van der Waals surface area contributed by atoms with Gasteiger partial charge in [0.25, 0.3) is 5.91 Å². The minimum atomic E-state index is -0.427. The van der Waals surface area contributed by atoms with E-state index in [4.69, 9.17) is 20.8 Å². The number of rotatable bonds is 5. The molecule has 0 radical (unpaired) electrons. The molecule has 19 heavy (non-hydrogen) atoms. The van der Waals surface area contributed by atoms with Crippen molar-refractivity contribution in [3.63, 3.8) is 0 Å². The normalized spacial score (nSPS) is 10.2. The van der Waals surface area contributed by atoms with E-state index < -0.39 is 5.82 Å². The van der Waals surface area contributed by atoms with Crippen molar-refractivity contribution in [2.45, 2.75) is 0 Å². The number of nitrogens with one attached hydrogen (secondary N) is 1. The maximum absolute atomic E-state index is 12.8. The van der Waals surface area contributed by atoms with Crippen molar-refractivity contribution in [1.29, 1.82) is 0 Å². The van der Waals surface area contributed by atoms with Gasteiger partial charge in [0.1, 0.15) is 18.2 Å². The number of ether oxygens (including phenoxy) is 1. The molecular formula is C13H11ClFNO3. The van der Waals surface area contributed by atoms with Crippen molar-refractivity contribution in [2.75, 3.05) is 13.2 Å². The number of carbonyl (C=O) groups excluding carboxylic acids is 1. The quantitative estimate of drug-likeness (QED) is 0.859. The molecule has 0 saturated carbocycles. The summed E-state index contributed by atoms with van der Waals surface area (Å²) in [5.41, 5.74) is 0. The maximum atomic E-state index is 12.8. The molecule has 0 bridgehead atoms. The smallest absolute Gasteiger partial charge is 0.287 e. The van der Waals surface area contributed by atoms with Crippen LogP contribution >= 0.6 is 11.6 Å². The van der Waals surface area contributed by atoms with Gasteiger partial charge >= 0.3 is 0 Å². The number of benzene rings is 1. The Balaban J connectivity index is 1.76. The van der Waals surface area contributed by atoms with Gasteiger partial charge in [-0.05, 0) is 30.3 Å². The van der Waals surface area contributed by atoms with Crippen LogP contribution in [0.1, 0.15) is 10.6 Å². The summed E-state index contributed by atoms with van der Waals surface area (Å²) in [6.07, 6.45) is 1.42. The molecule has 4 nitrogen and oxygen atoms in total. The molecule has 0 unspecified atom stereocenters. The first-order valence-corrected chi connectivity index (χ1v) is 5.94. The second-order valence-corrected chi connectivity index (χ2v) is 4.06. The van der Waals surface area contributed by atoms with Crippen molar-refractivity contribution < 1.29 is 18.3 Å². The first-order chi connectivity index (χ1) is 9.16. The van der Waals surface area contributed by atoms with E-state index in [9.17, 15) is 9.18 Å². The molecule has 1 aromatic heterocycles. The fourth-order valence-electron chi connectivity index (χ4n) is 1.41. The molecule has 1 amide bonds. The van der Waals surface area contributed by atoms with E-state index in [0.717, 1.165) is 6.07 Å². The topological polar surface area (TPSA) is 51.5 Å². The lowest BCUT2D eigenvalue weighted by molar-refractivity contribution is 0.0919. The standard InChI is InChI=1S/C13H11ClFNO3/c14-10-8-9(15)3-4-11(10)19-7-5-16-13(17)12-2-1-6-18-12/h1-4,6,8H,5,7H2,(H,16,17). The van der Waals surface area contributed by atoms with Crippen molar-refractivity contribution >= 4 is 17.5 Å². The average Bonchev–Trinajstić information content (AvgIpc) is 2.90. The van der Waals surface area contributed by atoms with Gasteiger partial charge in [-0.25, -0.2) is 4.39 Å². The van der Waals surface area contributed by atoms with Crippen LogP contribution in [0.3, 0.4) is 0 Å². The van der Waals surface area contributed by atoms with E-state index in [2.05, 4.69) is 5.32 Å². The first-order valence-electron chi connectivity index (χ1n) is 5.56. The largest absolute Gasteiger partial charge is 0.490 e. The first kappa shape index (κ1) is 13.4. The van der Waals surface area contributed by atoms with Crippen molar-refractivity contribution in [3.05, 3.63) is 53.2 Å². The van der Waals surface area contributed by atoms with E-state index in [1.54, 1.807) is 12.1 Å². The molecule has 6 heteroatoms. The Morgan fingerprint density at radius 2 is 2.26 bits per heavy atom. The van der Waals surface area contributed by atoms with Crippen LogP contribution < -0.4 is 10.1 Å². The van der Waals surface area contributed by atoms with Gasteiger partial charge in [0.15, 0.2) is 5.76 Å². The van der Waals surface area contributed by atoms with Crippen LogP contribution in [0.4, 0.5) is 4.39 Å². The van der Waals surface area contributed by atoms with E-state index in [-0.39, 0.29) is 29.8 Å². The molecule has 1 N–H and O–H groups in total. The number of furan rings is 1. The summed E-state index contributed by atoms with van der Waals surface area (Å²) in [4.78, 5) is 11.5. The summed E-state index contributed by atoms with van der Waals surface area (Å²) in [6.45, 7) is 0.505. The predicted molar refractivity (Wildman–Crippen MR) is 67.9 cm³/mol. The highest BCUT2D eigenvalue weighted by atomic mass is 35.5. The second-order valence-electron chi connectivity index (χ2n) is 3.66. The highest BCUT2D eigenvalue weighted by molar-refractivity contribution is 6.32. The summed E-state index contributed by atoms with van der Waals surface area (Å²) >= 11 is 5.78. The van der Waals surface area contributed by atoms with Crippen LogP contribution in [-0.4, -0.2) is 19.1 Å². The molecule has 0 aliphatic carbocycles. The Morgan fingerprint density at radius 1 is 1.42 bits per heavy atom. The third-order valence-corrected chi connectivity index (χ3v) is 2.58. The summed E-state index contributed by atoms with van der Waals surface area (Å²) < 4.78 is 23.0. The van der Waals surface area contributed by atoms with Crippen LogP contribution in [0.25, 0.3) is 0 Å². The van der Waals surface area contributed by atoms with E-state index in [1.807, 2.05) is 0 Å². The monoisotopic (exact) mass is 283 g/mol. The number of halogens is 2. The van der Waals surface area contributed by atoms with Gasteiger partial charge in [0.2, 0.25) is 0 Å². The molecule has 0 aliphatic heterocycles. The van der Waals surface area contributed by atoms with Crippen LogP contribution in [0, 0.1) is 5.82 Å². The molecule has 1 heterocycles. The number of hydrogen-bond donors (Lipinski definition) is 1. The minimum Gasteiger partial charge on any atom is -0.490 e. The lowest BCUT2D eigenvalue weighted by Gasteiger charge is -2.08. The summed E-state index contributed by atoms with van der Waals surface area (Å²) in [5.74, 6) is -0.141. The third-order valence-electron chi connectivity index (χ3n) is 2.28. The highest BCUT2D eigenvalue weighted by Gasteiger charge is 2.07. The maximum Gasteiger partial charge on any atom is 0.287 e. The van der Waals surface area contributed by atoms with E-state index >= 15 is 0 Å². The van der Waals surface area contributed by atoms with Crippen LogP contribution in [-0.2, 0) is 0 Å². The molecule has 0 fully saturated rings. The molecule has 0 spiro atoms. The highest BCUT2D eigenvalue weighted by Crippen LogP contribution is 2.24. The number of carbonyl (C=O) groups is 1. The zero-order valence-electron chi connectivity index (χ0n) is 9.86. The third kappa shape index (κ3) is 3.72. The van der Waals surface area contributed by atoms with Crippen LogP contribution in [0.15, 0.2) is 41.0 Å². The predicted octanol–water partition coefficient (Wildman–Crippen LogP) is 2.88. The Labute approximate surface area is 114 Å². The minimum absolute atomic E-state index is 0.192. The fourth-order valence-corrected chi connectivity index (χ4v) is 1.63. The summed E-state index contributed by atoms with van der Waals surface area (Å²) in [6, 6.07) is 7.05. The molecule has 100 valence electrons. The van der Waals surface area contributed by atoms with Gasteiger partial charge in [0, 0.05) is 0 Å². The number of amides is 1. The molecular weight excluding hydrogens is 273 g/mol. The Bertz CT molecular complexity index is 557. The van der Waals surface area contributed by atoms with Gasteiger partial charge in [-0.1, -0.05) is 11.6 Å². The van der Waals surface area contributed by atoms with Crippen molar-refractivity contribution in [2.24, 2.45) is 0 Å². The van der Waals surface area contributed by atoms with Crippen molar-refractivity contribution in [3.8, 4) is 5.75 Å². The lowest BCUT2D eigenvalue weighted by Crippen LogP contribution is -2.27. The molecule has 0 aliphatic rings. The van der Waals surface area contributed by atoms with Gasteiger partial charge in [-0.2, -0.15) is 0 Å². The molecule has 2 rings (SSSR count).